The summed E-state index contributed by atoms with van der Waals surface area (Å²) in [5.41, 5.74) is 0.604. The van der Waals surface area contributed by atoms with E-state index in [1.807, 2.05) is 0 Å². The summed E-state index contributed by atoms with van der Waals surface area (Å²) in [4.78, 5) is 25.3. The van der Waals surface area contributed by atoms with E-state index in [9.17, 15) is 18.4 Å². The molecule has 118 valence electrons. The number of nitrogens with one attached hydrogen (secondary N) is 1. The number of para-hydroxylation sites is 2. The maximum atomic E-state index is 13.1. The number of nitrogens with zero attached hydrogens (tertiary/aromatic N) is 1. The van der Waals surface area contributed by atoms with E-state index in [1.54, 1.807) is 24.3 Å². The van der Waals surface area contributed by atoms with Crippen molar-refractivity contribution in [1.29, 1.82) is 0 Å². The predicted molar refractivity (Wildman–Crippen MR) is 79.3 cm³/mol. The number of anilines is 2. The first-order valence-corrected chi connectivity index (χ1v) is 6.81. The van der Waals surface area contributed by atoms with Gasteiger partial charge < -0.3 is 10.1 Å². The largest absolute Gasteiger partial charge is 0.482 e. The summed E-state index contributed by atoms with van der Waals surface area (Å²) >= 11 is 0. The Kier molecular flexibility index (Phi) is 3.92. The Morgan fingerprint density at radius 3 is 2.74 bits per heavy atom. The molecule has 0 radical (unpaired) electrons. The number of carbonyl (C=O) groups is 2. The van der Waals surface area contributed by atoms with Gasteiger partial charge in [-0.1, -0.05) is 12.1 Å². The number of hydrogen-bond donors (Lipinski definition) is 1. The molecular formula is C16H12F2N2O3. The average Bonchev–Trinajstić information content (AvgIpc) is 2.54. The van der Waals surface area contributed by atoms with Crippen LogP contribution in [0.1, 0.15) is 0 Å². The number of fused-ring (bicyclic) bond motifs is 1. The first-order chi connectivity index (χ1) is 11.0. The lowest BCUT2D eigenvalue weighted by atomic mass is 10.2. The third-order valence-corrected chi connectivity index (χ3v) is 3.31. The third kappa shape index (κ3) is 3.13. The minimum absolute atomic E-state index is 0.114. The highest BCUT2D eigenvalue weighted by Gasteiger charge is 2.26. The van der Waals surface area contributed by atoms with Gasteiger partial charge in [0.15, 0.2) is 18.2 Å². The molecule has 3 rings (SSSR count). The van der Waals surface area contributed by atoms with Crippen molar-refractivity contribution in [2.45, 2.75) is 0 Å². The highest BCUT2D eigenvalue weighted by Crippen LogP contribution is 2.31. The lowest BCUT2D eigenvalue weighted by Crippen LogP contribution is -2.43. The quantitative estimate of drug-likeness (QED) is 0.945. The second kappa shape index (κ2) is 6.04. The highest BCUT2D eigenvalue weighted by atomic mass is 19.2. The zero-order valence-electron chi connectivity index (χ0n) is 11.9. The van der Waals surface area contributed by atoms with Crippen molar-refractivity contribution in [3.05, 3.63) is 54.1 Å². The van der Waals surface area contributed by atoms with Gasteiger partial charge in [0.05, 0.1) is 5.69 Å². The Morgan fingerprint density at radius 1 is 1.17 bits per heavy atom. The van der Waals surface area contributed by atoms with Crippen LogP contribution in [0.3, 0.4) is 0 Å². The van der Waals surface area contributed by atoms with Gasteiger partial charge in [0, 0.05) is 11.8 Å². The fourth-order valence-corrected chi connectivity index (χ4v) is 2.25. The summed E-state index contributed by atoms with van der Waals surface area (Å²) < 4.78 is 31.3. The molecule has 23 heavy (non-hydrogen) atoms. The Morgan fingerprint density at radius 2 is 1.96 bits per heavy atom. The number of halogens is 2. The van der Waals surface area contributed by atoms with E-state index >= 15 is 0 Å². The van der Waals surface area contributed by atoms with E-state index in [1.165, 1.54) is 11.0 Å². The van der Waals surface area contributed by atoms with Gasteiger partial charge in [0.25, 0.3) is 5.91 Å². The van der Waals surface area contributed by atoms with Crippen LogP contribution in [0.25, 0.3) is 0 Å². The van der Waals surface area contributed by atoms with Gasteiger partial charge in [-0.2, -0.15) is 0 Å². The Bertz CT molecular complexity index is 780. The zero-order valence-corrected chi connectivity index (χ0v) is 11.9. The average molecular weight is 318 g/mol. The molecule has 0 saturated heterocycles. The minimum atomic E-state index is -1.06. The number of hydrogen-bond acceptors (Lipinski definition) is 3. The van der Waals surface area contributed by atoms with Crippen molar-refractivity contribution < 1.29 is 23.1 Å². The van der Waals surface area contributed by atoms with Crippen LogP contribution in [0.5, 0.6) is 5.75 Å². The van der Waals surface area contributed by atoms with Crippen LogP contribution in [0.4, 0.5) is 20.2 Å². The highest BCUT2D eigenvalue weighted by molar-refractivity contribution is 6.04. The molecule has 0 fully saturated rings. The molecule has 1 aliphatic rings. The van der Waals surface area contributed by atoms with E-state index in [-0.39, 0.29) is 24.7 Å². The van der Waals surface area contributed by atoms with Gasteiger partial charge in [0.1, 0.15) is 12.3 Å². The topological polar surface area (TPSA) is 58.6 Å². The number of rotatable bonds is 3. The molecule has 1 heterocycles. The van der Waals surface area contributed by atoms with Crippen molar-refractivity contribution in [2.24, 2.45) is 0 Å². The van der Waals surface area contributed by atoms with Gasteiger partial charge in [0.2, 0.25) is 5.91 Å². The summed E-state index contributed by atoms with van der Waals surface area (Å²) in [7, 11) is 0. The molecule has 2 aromatic rings. The number of ether oxygens (including phenoxy) is 1. The van der Waals surface area contributed by atoms with E-state index in [2.05, 4.69) is 5.32 Å². The molecular weight excluding hydrogens is 306 g/mol. The fraction of sp³-hybridized carbons (Fsp3) is 0.125. The Hall–Kier alpha value is -2.96. The third-order valence-electron chi connectivity index (χ3n) is 3.31. The molecule has 0 unspecified atom stereocenters. The van der Waals surface area contributed by atoms with Gasteiger partial charge in [-0.3, -0.25) is 14.5 Å². The number of carbonyl (C=O) groups excluding carboxylic acids is 2. The van der Waals surface area contributed by atoms with E-state index in [4.69, 9.17) is 4.74 Å². The minimum Gasteiger partial charge on any atom is -0.482 e. The summed E-state index contributed by atoms with van der Waals surface area (Å²) in [5, 5.41) is 2.43. The van der Waals surface area contributed by atoms with Crippen LogP contribution in [0.15, 0.2) is 42.5 Å². The van der Waals surface area contributed by atoms with Crippen LogP contribution in [-0.4, -0.2) is 25.0 Å². The molecule has 0 spiro atoms. The first kappa shape index (κ1) is 15.0. The Labute approximate surface area is 130 Å². The molecule has 0 saturated carbocycles. The first-order valence-electron chi connectivity index (χ1n) is 6.81. The maximum absolute atomic E-state index is 13.1. The molecule has 1 aliphatic heterocycles. The van der Waals surface area contributed by atoms with Crippen LogP contribution < -0.4 is 15.0 Å². The molecule has 2 amide bonds. The summed E-state index contributed by atoms with van der Waals surface area (Å²) in [6.07, 6.45) is 0. The van der Waals surface area contributed by atoms with Crippen LogP contribution in [-0.2, 0) is 9.59 Å². The second-order valence-electron chi connectivity index (χ2n) is 4.91. The molecule has 0 bridgehead atoms. The fourth-order valence-electron chi connectivity index (χ4n) is 2.25. The molecule has 0 aromatic heterocycles. The standard InChI is InChI=1S/C16H12F2N2O3/c17-11-6-5-10(7-12(11)18)19-15(21)8-20-13-3-1-2-4-14(13)23-9-16(20)22/h1-7H,8-9H2,(H,19,21). The van der Waals surface area contributed by atoms with Crippen LogP contribution in [0, 0.1) is 11.6 Å². The Balaban J connectivity index is 1.75. The monoisotopic (exact) mass is 318 g/mol. The van der Waals surface area contributed by atoms with Crippen LogP contribution >= 0.6 is 0 Å². The molecule has 0 aliphatic carbocycles. The molecule has 2 aromatic carbocycles. The van der Waals surface area contributed by atoms with E-state index in [0.29, 0.717) is 11.4 Å². The van der Waals surface area contributed by atoms with Crippen molar-refractivity contribution in [1.82, 2.24) is 0 Å². The number of amides is 2. The molecule has 5 nitrogen and oxygen atoms in total. The smallest absolute Gasteiger partial charge is 0.265 e. The number of benzene rings is 2. The molecule has 0 atom stereocenters. The van der Waals surface area contributed by atoms with Gasteiger partial charge in [-0.05, 0) is 24.3 Å². The van der Waals surface area contributed by atoms with E-state index < -0.39 is 17.5 Å². The van der Waals surface area contributed by atoms with Gasteiger partial charge in [-0.15, -0.1) is 0 Å². The van der Waals surface area contributed by atoms with Crippen LogP contribution in [0.2, 0.25) is 0 Å². The van der Waals surface area contributed by atoms with Crippen molar-refractivity contribution >= 4 is 23.2 Å². The lowest BCUT2D eigenvalue weighted by Gasteiger charge is -2.28. The van der Waals surface area contributed by atoms with Crippen molar-refractivity contribution in [3.8, 4) is 5.75 Å². The molecule has 1 N–H and O–H groups in total. The van der Waals surface area contributed by atoms with Gasteiger partial charge in [-0.25, -0.2) is 8.78 Å². The summed E-state index contributed by atoms with van der Waals surface area (Å²) in [6, 6.07) is 9.88. The summed E-state index contributed by atoms with van der Waals surface area (Å²) in [6.45, 7) is -0.409. The summed E-state index contributed by atoms with van der Waals surface area (Å²) in [5.74, 6) is -2.44. The van der Waals surface area contributed by atoms with E-state index in [0.717, 1.165) is 12.1 Å². The molecule has 7 heteroatoms. The van der Waals surface area contributed by atoms with Gasteiger partial charge >= 0.3 is 0 Å². The second-order valence-corrected chi connectivity index (χ2v) is 4.91. The SMILES string of the molecule is O=C(CN1C(=O)COc2ccccc21)Nc1ccc(F)c(F)c1. The normalized spacial score (nSPS) is 13.3. The predicted octanol–water partition coefficient (Wildman–Crippen LogP) is 2.33. The van der Waals surface area contributed by atoms with Crippen molar-refractivity contribution in [2.75, 3.05) is 23.4 Å². The van der Waals surface area contributed by atoms with Crippen molar-refractivity contribution in [3.63, 3.8) is 0 Å². The maximum Gasteiger partial charge on any atom is 0.265 e. The zero-order chi connectivity index (χ0) is 16.4. The lowest BCUT2D eigenvalue weighted by molar-refractivity contribution is -0.123.